The molecule has 0 bridgehead atoms. The number of pyridine rings is 1. The Kier molecular flexibility index (Phi) is 3.20. The summed E-state index contributed by atoms with van der Waals surface area (Å²) in [6.45, 7) is 0. The van der Waals surface area contributed by atoms with E-state index in [1.54, 1.807) is 22.7 Å². The zero-order chi connectivity index (χ0) is 15.8. The van der Waals surface area contributed by atoms with Gasteiger partial charge in [-0.3, -0.25) is 4.40 Å². The lowest BCUT2D eigenvalue weighted by Gasteiger charge is -2.12. The van der Waals surface area contributed by atoms with Gasteiger partial charge in [-0.25, -0.2) is 4.98 Å². The molecule has 12 heteroatoms. The fraction of sp³-hybridized carbons (Fsp3) is 0.182. The number of fused-ring (bicyclic) bond motifs is 1. The summed E-state index contributed by atoms with van der Waals surface area (Å²) in [6, 6.07) is 3.47. The summed E-state index contributed by atoms with van der Waals surface area (Å²) in [5.74, 6) is 0.550. The van der Waals surface area contributed by atoms with E-state index >= 15 is 0 Å². The highest BCUT2D eigenvalue weighted by atomic mass is 35.5. The lowest BCUT2D eigenvalue weighted by molar-refractivity contribution is 0.167. The first-order chi connectivity index (χ1) is 11.2. The second-order valence-corrected chi connectivity index (χ2v) is 5.10. The Bertz CT molecular complexity index is 931. The lowest BCUT2D eigenvalue weighted by atomic mass is 10.1. The first-order valence-corrected chi connectivity index (χ1v) is 6.92. The third-order valence-electron chi connectivity index (χ3n) is 3.33. The van der Waals surface area contributed by atoms with Crippen molar-refractivity contribution in [1.29, 1.82) is 0 Å². The zero-order valence-corrected chi connectivity index (χ0v) is 12.2. The van der Waals surface area contributed by atoms with Gasteiger partial charge < -0.3 is 5.11 Å². The van der Waals surface area contributed by atoms with Crippen LogP contribution in [0.4, 0.5) is 0 Å². The van der Waals surface area contributed by atoms with E-state index in [0.717, 1.165) is 0 Å². The van der Waals surface area contributed by atoms with E-state index in [1.807, 2.05) is 0 Å². The second-order valence-electron chi connectivity index (χ2n) is 4.69. The van der Waals surface area contributed by atoms with E-state index in [4.69, 9.17) is 11.6 Å². The van der Waals surface area contributed by atoms with Gasteiger partial charge in [0, 0.05) is 12.1 Å². The molecular weight excluding hydrogens is 324 g/mol. The van der Waals surface area contributed by atoms with Crippen LogP contribution in [0, 0.1) is 0 Å². The van der Waals surface area contributed by atoms with E-state index in [2.05, 4.69) is 46.2 Å². The number of imidazole rings is 1. The minimum Gasteiger partial charge on any atom is -0.385 e. The molecule has 0 amide bonds. The van der Waals surface area contributed by atoms with Gasteiger partial charge in [-0.05, 0) is 17.3 Å². The number of nitrogens with one attached hydrogen (secondary N) is 2. The number of aromatic nitrogens is 10. The first-order valence-electron chi connectivity index (χ1n) is 6.54. The highest BCUT2D eigenvalue weighted by Crippen LogP contribution is 2.27. The van der Waals surface area contributed by atoms with Gasteiger partial charge in [-0.2, -0.15) is 10.4 Å². The number of halogens is 1. The van der Waals surface area contributed by atoms with Crippen LogP contribution in [-0.4, -0.2) is 55.7 Å². The van der Waals surface area contributed by atoms with E-state index in [9.17, 15) is 5.11 Å². The van der Waals surface area contributed by atoms with E-state index in [-0.39, 0.29) is 12.2 Å². The standard InChI is InChI=1S/C11H9ClN10O/c12-5-1-2-9-13-4-7(10-14-18-19-15-10)22(9)6(5)3-8(23)11-16-20-21-17-11/h1-2,4,8,23H,3H2,(H,14,15,18,19)(H,16,17,20,21). The van der Waals surface area contributed by atoms with Crippen LogP contribution < -0.4 is 0 Å². The molecule has 4 aromatic rings. The molecule has 0 aliphatic rings. The third-order valence-corrected chi connectivity index (χ3v) is 3.68. The molecule has 11 nitrogen and oxygen atoms in total. The highest BCUT2D eigenvalue weighted by molar-refractivity contribution is 6.31. The number of hydrogen-bond acceptors (Lipinski definition) is 8. The Morgan fingerprint density at radius 3 is 2.74 bits per heavy atom. The topological polar surface area (TPSA) is 146 Å². The van der Waals surface area contributed by atoms with Crippen LogP contribution in [0.15, 0.2) is 18.3 Å². The quantitative estimate of drug-likeness (QED) is 0.471. The molecule has 1 atom stereocenters. The molecule has 23 heavy (non-hydrogen) atoms. The summed E-state index contributed by atoms with van der Waals surface area (Å²) in [7, 11) is 0. The third kappa shape index (κ3) is 2.31. The summed E-state index contributed by atoms with van der Waals surface area (Å²) in [5, 5.41) is 37.9. The maximum Gasteiger partial charge on any atom is 0.223 e. The molecule has 4 heterocycles. The van der Waals surface area contributed by atoms with Crippen LogP contribution in [0.3, 0.4) is 0 Å². The first kappa shape index (κ1) is 13.7. The zero-order valence-electron chi connectivity index (χ0n) is 11.4. The molecule has 0 spiro atoms. The Morgan fingerprint density at radius 1 is 1.17 bits per heavy atom. The van der Waals surface area contributed by atoms with Gasteiger partial charge in [0.25, 0.3) is 0 Å². The minimum atomic E-state index is -0.975. The van der Waals surface area contributed by atoms with Gasteiger partial charge in [-0.1, -0.05) is 16.8 Å². The SMILES string of the molecule is OC(Cc1c(Cl)ccc2ncc(-c3nn[nH]n3)n12)c1nn[nH]n1. The summed E-state index contributed by atoms with van der Waals surface area (Å²) < 4.78 is 1.76. The smallest absolute Gasteiger partial charge is 0.223 e. The molecule has 0 fully saturated rings. The van der Waals surface area contributed by atoms with Crippen molar-refractivity contribution in [2.24, 2.45) is 0 Å². The van der Waals surface area contributed by atoms with Crippen LogP contribution >= 0.6 is 11.6 Å². The molecule has 4 aromatic heterocycles. The van der Waals surface area contributed by atoms with Crippen molar-refractivity contribution in [2.45, 2.75) is 12.5 Å². The Hall–Kier alpha value is -2.92. The van der Waals surface area contributed by atoms with Gasteiger partial charge in [0.15, 0.2) is 0 Å². The highest BCUT2D eigenvalue weighted by Gasteiger charge is 2.20. The van der Waals surface area contributed by atoms with Crippen molar-refractivity contribution in [1.82, 2.24) is 50.6 Å². The van der Waals surface area contributed by atoms with Crippen LogP contribution in [0.5, 0.6) is 0 Å². The number of H-pyrrole nitrogens is 2. The van der Waals surface area contributed by atoms with Crippen LogP contribution in [-0.2, 0) is 6.42 Å². The maximum atomic E-state index is 10.3. The largest absolute Gasteiger partial charge is 0.385 e. The summed E-state index contributed by atoms with van der Waals surface area (Å²) in [6.07, 6.45) is 0.801. The average molecular weight is 333 g/mol. The van der Waals surface area contributed by atoms with Crippen LogP contribution in [0.2, 0.25) is 5.02 Å². The fourth-order valence-electron chi connectivity index (χ4n) is 2.32. The monoisotopic (exact) mass is 332 g/mol. The number of hydrogen-bond donors (Lipinski definition) is 3. The summed E-state index contributed by atoms with van der Waals surface area (Å²) in [4.78, 5) is 4.30. The normalized spacial score (nSPS) is 12.8. The van der Waals surface area contributed by atoms with Crippen molar-refractivity contribution in [3.63, 3.8) is 0 Å². The number of aliphatic hydroxyl groups is 1. The number of tetrazole rings is 2. The molecule has 116 valence electrons. The molecule has 0 saturated carbocycles. The molecular formula is C11H9ClN10O. The lowest BCUT2D eigenvalue weighted by Crippen LogP contribution is -2.09. The number of rotatable bonds is 4. The van der Waals surface area contributed by atoms with E-state index in [0.29, 0.717) is 27.9 Å². The molecule has 1 unspecified atom stereocenters. The van der Waals surface area contributed by atoms with Crippen LogP contribution in [0.1, 0.15) is 17.6 Å². The van der Waals surface area contributed by atoms with E-state index in [1.165, 1.54) is 0 Å². The fourth-order valence-corrected chi connectivity index (χ4v) is 2.54. The predicted molar refractivity (Wildman–Crippen MR) is 76.2 cm³/mol. The molecule has 0 aromatic carbocycles. The maximum absolute atomic E-state index is 10.3. The van der Waals surface area contributed by atoms with Gasteiger partial charge >= 0.3 is 0 Å². The Balaban J connectivity index is 1.84. The summed E-state index contributed by atoms with van der Waals surface area (Å²) in [5.41, 5.74) is 1.87. The van der Waals surface area contributed by atoms with Gasteiger partial charge in [-0.15, -0.1) is 20.4 Å². The molecule has 3 N–H and O–H groups in total. The van der Waals surface area contributed by atoms with Crippen molar-refractivity contribution in [3.8, 4) is 11.5 Å². The molecule has 0 aliphatic heterocycles. The Morgan fingerprint density at radius 2 is 2.00 bits per heavy atom. The molecule has 0 radical (unpaired) electrons. The molecule has 4 rings (SSSR count). The number of nitrogens with zero attached hydrogens (tertiary/aromatic N) is 8. The molecule has 0 saturated heterocycles. The van der Waals surface area contributed by atoms with Crippen molar-refractivity contribution < 1.29 is 5.11 Å². The van der Waals surface area contributed by atoms with Crippen molar-refractivity contribution >= 4 is 17.2 Å². The minimum absolute atomic E-state index is 0.164. The molecule has 0 aliphatic carbocycles. The number of aliphatic hydroxyl groups excluding tert-OH is 1. The van der Waals surface area contributed by atoms with Gasteiger partial charge in [0.1, 0.15) is 17.4 Å². The average Bonchev–Trinajstić information content (AvgIpc) is 3.30. The Labute approximate surface area is 132 Å². The predicted octanol–water partition coefficient (Wildman–Crippen LogP) is -0.0430. The van der Waals surface area contributed by atoms with Crippen LogP contribution in [0.25, 0.3) is 17.2 Å². The number of aromatic amines is 2. The van der Waals surface area contributed by atoms with Gasteiger partial charge in [0.05, 0.1) is 11.2 Å². The van der Waals surface area contributed by atoms with E-state index < -0.39 is 6.10 Å². The van der Waals surface area contributed by atoms with Gasteiger partial charge in [0.2, 0.25) is 11.6 Å². The second kappa shape index (κ2) is 5.37. The summed E-state index contributed by atoms with van der Waals surface area (Å²) >= 11 is 6.31. The van der Waals surface area contributed by atoms with Crippen molar-refractivity contribution in [3.05, 3.63) is 34.9 Å². The van der Waals surface area contributed by atoms with Crippen molar-refractivity contribution in [2.75, 3.05) is 0 Å².